The van der Waals surface area contributed by atoms with E-state index in [0.717, 1.165) is 6.07 Å². The van der Waals surface area contributed by atoms with Crippen LogP contribution in [0.3, 0.4) is 0 Å². The van der Waals surface area contributed by atoms with E-state index in [4.69, 9.17) is 0 Å². The molecule has 0 saturated heterocycles. The van der Waals surface area contributed by atoms with E-state index in [0.29, 0.717) is 37.1 Å². The average molecular weight is 460 g/mol. The molecule has 0 heterocycles. The molecule has 0 unspecified atom stereocenters. The van der Waals surface area contributed by atoms with E-state index in [1.807, 2.05) is 0 Å². The van der Waals surface area contributed by atoms with Crippen LogP contribution in [0, 0.1) is 52.4 Å². The molecular weight excluding hydrogens is 446 g/mol. The average Bonchev–Trinajstić information content (AvgIpc) is 2.77. The van der Waals surface area contributed by atoms with Crippen molar-refractivity contribution in [3.63, 3.8) is 0 Å². The molecule has 0 aliphatic carbocycles. The molecule has 0 N–H and O–H groups in total. The maximum absolute atomic E-state index is 14.8. The summed E-state index contributed by atoms with van der Waals surface area (Å²) in [7, 11) is 0. The van der Waals surface area contributed by atoms with Gasteiger partial charge in [0.15, 0.2) is 52.4 Å². The molecule has 0 aliphatic heterocycles. The lowest BCUT2D eigenvalue weighted by molar-refractivity contribution is 0.443. The van der Waals surface area contributed by atoms with Gasteiger partial charge in [-0.1, -0.05) is 31.5 Å². The topological polar surface area (TPSA) is 0 Å². The summed E-state index contributed by atoms with van der Waals surface area (Å²) in [6.07, 6.45) is 0.831. The van der Waals surface area contributed by atoms with Gasteiger partial charge in [0, 0.05) is 0 Å². The fourth-order valence-electron chi connectivity index (χ4n) is 3.47. The largest absolute Gasteiger partial charge is 0.253 e. The zero-order valence-electron chi connectivity index (χ0n) is 16.5. The Morgan fingerprint density at radius 1 is 0.562 bits per heavy atom. The first-order chi connectivity index (χ1) is 15.1. The standard InChI is InChI=1S/C22H14BF9/c1-2-3-4-10-9-13(19(29)22(32)16(10)26)23(11-5-7-14(24)20(30)17(11)27)12-6-8-15(25)21(31)18(12)28/h5-9H,2-4H2,1H3. The first kappa shape index (κ1) is 23.8. The monoisotopic (exact) mass is 460 g/mol. The summed E-state index contributed by atoms with van der Waals surface area (Å²) in [5.41, 5.74) is -2.97. The van der Waals surface area contributed by atoms with Crippen molar-refractivity contribution in [3.05, 3.63) is 88.3 Å². The normalized spacial score (nSPS) is 11.2. The highest BCUT2D eigenvalue weighted by Crippen LogP contribution is 2.19. The lowest BCUT2D eigenvalue weighted by Crippen LogP contribution is -2.56. The number of aryl methyl sites for hydroxylation is 1. The molecule has 0 radical (unpaired) electrons. The van der Waals surface area contributed by atoms with E-state index in [-0.39, 0.29) is 12.0 Å². The SMILES string of the molecule is CCCCc1cc(B(c2ccc(F)c(F)c2F)c2ccc(F)c(F)c2F)c(F)c(F)c1F. The van der Waals surface area contributed by atoms with Crippen molar-refractivity contribution in [2.75, 3.05) is 0 Å². The molecule has 10 heteroatoms. The maximum Gasteiger partial charge on any atom is 0.253 e. The summed E-state index contributed by atoms with van der Waals surface area (Å²) in [5, 5.41) is 0. The first-order valence-corrected chi connectivity index (χ1v) is 9.53. The Kier molecular flexibility index (Phi) is 6.90. The zero-order chi connectivity index (χ0) is 23.7. The number of halogens is 9. The first-order valence-electron chi connectivity index (χ1n) is 9.53. The minimum atomic E-state index is -2.09. The molecule has 0 aliphatic rings. The molecule has 0 spiro atoms. The van der Waals surface area contributed by atoms with Gasteiger partial charge in [-0.15, -0.1) is 0 Å². The molecule has 3 aromatic rings. The van der Waals surface area contributed by atoms with E-state index in [2.05, 4.69) is 0 Å². The van der Waals surface area contributed by atoms with Gasteiger partial charge >= 0.3 is 0 Å². The van der Waals surface area contributed by atoms with Crippen LogP contribution >= 0.6 is 0 Å². The van der Waals surface area contributed by atoms with Crippen LogP contribution in [-0.4, -0.2) is 6.71 Å². The van der Waals surface area contributed by atoms with Crippen molar-refractivity contribution >= 4 is 23.1 Å². The Morgan fingerprint density at radius 2 is 1.03 bits per heavy atom. The Morgan fingerprint density at radius 3 is 1.50 bits per heavy atom. The summed E-state index contributed by atoms with van der Waals surface area (Å²) in [6, 6.07) is 2.95. The molecule has 0 nitrogen and oxygen atoms in total. The molecule has 3 rings (SSSR count). The fraction of sp³-hybridized carbons (Fsp3) is 0.182. The molecule has 0 bridgehead atoms. The molecule has 0 fully saturated rings. The smallest absolute Gasteiger partial charge is 0.204 e. The van der Waals surface area contributed by atoms with Crippen LogP contribution < -0.4 is 16.4 Å². The molecule has 32 heavy (non-hydrogen) atoms. The third-order valence-corrected chi connectivity index (χ3v) is 5.11. The van der Waals surface area contributed by atoms with Crippen LogP contribution in [0.1, 0.15) is 25.3 Å². The lowest BCUT2D eigenvalue weighted by atomic mass is 9.36. The van der Waals surface area contributed by atoms with Gasteiger partial charge in [-0.05, 0) is 46.9 Å². The molecule has 168 valence electrons. The van der Waals surface area contributed by atoms with Crippen LogP contribution in [-0.2, 0) is 6.42 Å². The molecule has 0 aromatic heterocycles. The van der Waals surface area contributed by atoms with Gasteiger partial charge in [-0.2, -0.15) is 0 Å². The van der Waals surface area contributed by atoms with Crippen molar-refractivity contribution in [1.29, 1.82) is 0 Å². The van der Waals surface area contributed by atoms with Gasteiger partial charge in [0.05, 0.1) is 0 Å². The summed E-state index contributed by atoms with van der Waals surface area (Å²) in [6.45, 7) is -0.342. The Balaban J connectivity index is 2.39. The number of hydrogen-bond acceptors (Lipinski definition) is 0. The second-order valence-corrected chi connectivity index (χ2v) is 7.13. The van der Waals surface area contributed by atoms with Gasteiger partial charge in [0.1, 0.15) is 0 Å². The second kappa shape index (κ2) is 9.30. The number of rotatable bonds is 6. The zero-order valence-corrected chi connectivity index (χ0v) is 16.5. The van der Waals surface area contributed by atoms with Crippen molar-refractivity contribution in [2.24, 2.45) is 0 Å². The predicted molar refractivity (Wildman–Crippen MR) is 102 cm³/mol. The molecule has 0 saturated carbocycles. The quantitative estimate of drug-likeness (QED) is 0.282. The van der Waals surface area contributed by atoms with Crippen molar-refractivity contribution in [3.8, 4) is 0 Å². The van der Waals surface area contributed by atoms with E-state index in [1.54, 1.807) is 6.92 Å². The fourth-order valence-corrected chi connectivity index (χ4v) is 3.47. The Bertz CT molecular complexity index is 1120. The summed E-state index contributed by atoms with van der Waals surface area (Å²) < 4.78 is 127. The highest BCUT2D eigenvalue weighted by atomic mass is 19.2. The summed E-state index contributed by atoms with van der Waals surface area (Å²) in [5.74, 6) is -16.3. The van der Waals surface area contributed by atoms with Crippen LogP contribution in [0.4, 0.5) is 39.5 Å². The van der Waals surface area contributed by atoms with Crippen molar-refractivity contribution in [2.45, 2.75) is 26.2 Å². The van der Waals surface area contributed by atoms with Crippen LogP contribution in [0.15, 0.2) is 30.3 Å². The lowest BCUT2D eigenvalue weighted by Gasteiger charge is -2.20. The molecule has 0 amide bonds. The maximum atomic E-state index is 14.8. The number of unbranched alkanes of at least 4 members (excludes halogenated alkanes) is 1. The second-order valence-electron chi connectivity index (χ2n) is 7.13. The van der Waals surface area contributed by atoms with Crippen LogP contribution in [0.2, 0.25) is 0 Å². The number of benzene rings is 3. The van der Waals surface area contributed by atoms with Crippen LogP contribution in [0.25, 0.3) is 0 Å². The van der Waals surface area contributed by atoms with Gasteiger partial charge in [-0.3, -0.25) is 0 Å². The third kappa shape index (κ3) is 4.10. The molecule has 0 atom stereocenters. The Hall–Kier alpha value is -2.91. The highest BCUT2D eigenvalue weighted by molar-refractivity contribution is 6.95. The van der Waals surface area contributed by atoms with E-state index in [9.17, 15) is 39.5 Å². The van der Waals surface area contributed by atoms with Crippen molar-refractivity contribution < 1.29 is 39.5 Å². The van der Waals surface area contributed by atoms with E-state index >= 15 is 0 Å². The Labute approximate surface area is 177 Å². The predicted octanol–water partition coefficient (Wildman–Crippen LogP) is 4.80. The van der Waals surface area contributed by atoms with Crippen LogP contribution in [0.5, 0.6) is 0 Å². The third-order valence-electron chi connectivity index (χ3n) is 5.11. The van der Waals surface area contributed by atoms with E-state index in [1.165, 1.54) is 0 Å². The minimum Gasteiger partial charge on any atom is -0.204 e. The van der Waals surface area contributed by atoms with Gasteiger partial charge in [-0.25, -0.2) is 39.5 Å². The van der Waals surface area contributed by atoms with Crippen molar-refractivity contribution in [1.82, 2.24) is 0 Å². The minimum absolute atomic E-state index is 0.0697. The highest BCUT2D eigenvalue weighted by Gasteiger charge is 2.35. The molecule has 3 aromatic carbocycles. The van der Waals surface area contributed by atoms with Gasteiger partial charge in [0.2, 0.25) is 0 Å². The number of hydrogen-bond donors (Lipinski definition) is 0. The molecular formula is C22H14BF9. The van der Waals surface area contributed by atoms with Gasteiger partial charge in [0.25, 0.3) is 6.71 Å². The summed E-state index contributed by atoms with van der Waals surface area (Å²) in [4.78, 5) is 0. The van der Waals surface area contributed by atoms with Gasteiger partial charge < -0.3 is 0 Å². The summed E-state index contributed by atoms with van der Waals surface area (Å²) >= 11 is 0. The van der Waals surface area contributed by atoms with E-state index < -0.39 is 75.5 Å².